The molecule has 0 nitrogen and oxygen atoms in total. The summed E-state index contributed by atoms with van der Waals surface area (Å²) in [4.78, 5) is 0. The van der Waals surface area contributed by atoms with E-state index in [1.807, 2.05) is 0 Å². The molecular formula is C27H52. The molecule has 0 aliphatic heterocycles. The van der Waals surface area contributed by atoms with Crippen molar-refractivity contribution in [3.8, 4) is 0 Å². The summed E-state index contributed by atoms with van der Waals surface area (Å²) in [6.45, 7) is 22.5. The normalized spacial score (nSPS) is 37.9. The highest BCUT2D eigenvalue weighted by Gasteiger charge is 2.49. The standard InChI is InChI=1S/C27H52/c1-10-23(16-18(4)5)24-13-11-20(7)27(24)25-14-12-19(6)26(25)22(9)21(8)15-17(2)3/h17-27H,10-16H2,1-9H3/t19-,20?,21-,22?,23+,24?,25?,26?,27?/m1/s1. The smallest absolute Gasteiger partial charge is 0.0326 e. The zero-order valence-electron chi connectivity index (χ0n) is 20.3. The third-order valence-corrected chi connectivity index (χ3v) is 8.96. The molecule has 0 heteroatoms. The number of hydrogen-bond acceptors (Lipinski definition) is 0. The summed E-state index contributed by atoms with van der Waals surface area (Å²) in [6, 6.07) is 0. The summed E-state index contributed by atoms with van der Waals surface area (Å²) in [7, 11) is 0. The minimum Gasteiger partial charge on any atom is -0.0651 e. The van der Waals surface area contributed by atoms with Gasteiger partial charge in [0.05, 0.1) is 0 Å². The third-order valence-electron chi connectivity index (χ3n) is 8.96. The third kappa shape index (κ3) is 5.54. The molecule has 0 amide bonds. The highest BCUT2D eigenvalue weighted by Crippen LogP contribution is 2.56. The molecule has 0 saturated heterocycles. The average Bonchev–Trinajstić information content (AvgIpc) is 3.13. The van der Waals surface area contributed by atoms with Crippen molar-refractivity contribution >= 4 is 0 Å². The van der Waals surface area contributed by atoms with E-state index >= 15 is 0 Å². The second kappa shape index (κ2) is 10.2. The Balaban J connectivity index is 2.20. The Morgan fingerprint density at radius 2 is 1.33 bits per heavy atom. The van der Waals surface area contributed by atoms with Crippen molar-refractivity contribution in [1.82, 2.24) is 0 Å². The van der Waals surface area contributed by atoms with E-state index in [9.17, 15) is 0 Å². The summed E-state index contributed by atoms with van der Waals surface area (Å²) >= 11 is 0. The Morgan fingerprint density at radius 1 is 0.741 bits per heavy atom. The van der Waals surface area contributed by atoms with Crippen LogP contribution in [0.4, 0.5) is 0 Å². The van der Waals surface area contributed by atoms with Gasteiger partial charge < -0.3 is 0 Å². The van der Waals surface area contributed by atoms with Crippen LogP contribution in [0.15, 0.2) is 0 Å². The molecule has 27 heavy (non-hydrogen) atoms. The second-order valence-corrected chi connectivity index (χ2v) is 11.9. The Kier molecular flexibility index (Phi) is 8.76. The van der Waals surface area contributed by atoms with Crippen LogP contribution in [-0.4, -0.2) is 0 Å². The molecule has 2 rings (SSSR count). The van der Waals surface area contributed by atoms with Crippen LogP contribution in [0.1, 0.15) is 107 Å². The molecule has 0 aromatic rings. The quantitative estimate of drug-likeness (QED) is 0.377. The summed E-state index contributed by atoms with van der Waals surface area (Å²) in [5.41, 5.74) is 0. The van der Waals surface area contributed by atoms with Gasteiger partial charge in [-0.15, -0.1) is 0 Å². The van der Waals surface area contributed by atoms with Gasteiger partial charge >= 0.3 is 0 Å². The van der Waals surface area contributed by atoms with E-state index in [4.69, 9.17) is 0 Å². The van der Waals surface area contributed by atoms with Crippen molar-refractivity contribution in [3.05, 3.63) is 0 Å². The van der Waals surface area contributed by atoms with Crippen molar-refractivity contribution in [1.29, 1.82) is 0 Å². The Hall–Kier alpha value is 0. The van der Waals surface area contributed by atoms with Crippen LogP contribution in [0, 0.1) is 65.1 Å². The predicted octanol–water partition coefficient (Wildman–Crippen LogP) is 8.70. The lowest BCUT2D eigenvalue weighted by molar-refractivity contribution is 0.0673. The van der Waals surface area contributed by atoms with Gasteiger partial charge in [-0.3, -0.25) is 0 Å². The Morgan fingerprint density at radius 3 is 1.89 bits per heavy atom. The van der Waals surface area contributed by atoms with Gasteiger partial charge in [-0.1, -0.05) is 81.6 Å². The minimum absolute atomic E-state index is 0.839. The van der Waals surface area contributed by atoms with Gasteiger partial charge in [0.25, 0.3) is 0 Å². The molecule has 160 valence electrons. The maximum Gasteiger partial charge on any atom is -0.0326 e. The lowest BCUT2D eigenvalue weighted by Crippen LogP contribution is -2.36. The van der Waals surface area contributed by atoms with Gasteiger partial charge in [-0.05, 0) is 90.8 Å². The summed E-state index contributed by atoms with van der Waals surface area (Å²) in [5.74, 6) is 10.4. The number of hydrogen-bond donors (Lipinski definition) is 0. The van der Waals surface area contributed by atoms with Crippen LogP contribution < -0.4 is 0 Å². The Bertz CT molecular complexity index is 422. The number of rotatable bonds is 9. The van der Waals surface area contributed by atoms with E-state index in [1.165, 1.54) is 44.9 Å². The SMILES string of the molecule is CC[C@@H](CC(C)C)C1CCC(C)C1C1CC[C@@H](C)C1C(C)[C@H](C)CC(C)C. The fraction of sp³-hybridized carbons (Fsp3) is 1.00. The summed E-state index contributed by atoms with van der Waals surface area (Å²) in [6.07, 6.45) is 10.3. The van der Waals surface area contributed by atoms with Crippen molar-refractivity contribution in [2.24, 2.45) is 65.1 Å². The van der Waals surface area contributed by atoms with Crippen molar-refractivity contribution in [2.75, 3.05) is 0 Å². The molecule has 2 fully saturated rings. The maximum absolute atomic E-state index is 2.62. The monoisotopic (exact) mass is 376 g/mol. The van der Waals surface area contributed by atoms with Crippen molar-refractivity contribution < 1.29 is 0 Å². The molecular weight excluding hydrogens is 324 g/mol. The van der Waals surface area contributed by atoms with Crippen LogP contribution >= 0.6 is 0 Å². The van der Waals surface area contributed by atoms with Crippen LogP contribution in [0.3, 0.4) is 0 Å². The summed E-state index contributed by atoms with van der Waals surface area (Å²) in [5, 5.41) is 0. The van der Waals surface area contributed by atoms with E-state index < -0.39 is 0 Å². The molecule has 2 aliphatic rings. The van der Waals surface area contributed by atoms with Gasteiger partial charge in [0.15, 0.2) is 0 Å². The highest BCUT2D eigenvalue weighted by atomic mass is 14.5. The lowest BCUT2D eigenvalue weighted by atomic mass is 9.64. The fourth-order valence-corrected chi connectivity index (χ4v) is 7.76. The van der Waals surface area contributed by atoms with Crippen LogP contribution in [-0.2, 0) is 0 Å². The molecule has 0 spiro atoms. The zero-order chi connectivity index (χ0) is 20.3. The minimum atomic E-state index is 0.839. The molecule has 0 N–H and O–H groups in total. The fourth-order valence-electron chi connectivity index (χ4n) is 7.76. The zero-order valence-corrected chi connectivity index (χ0v) is 20.3. The molecule has 0 aromatic heterocycles. The molecule has 6 unspecified atom stereocenters. The van der Waals surface area contributed by atoms with Gasteiger partial charge in [0.2, 0.25) is 0 Å². The van der Waals surface area contributed by atoms with Crippen LogP contribution in [0.5, 0.6) is 0 Å². The first kappa shape index (κ1) is 23.3. The molecule has 2 aliphatic carbocycles. The van der Waals surface area contributed by atoms with E-state index in [0.29, 0.717) is 0 Å². The first-order chi connectivity index (χ1) is 12.7. The predicted molar refractivity (Wildman–Crippen MR) is 122 cm³/mol. The van der Waals surface area contributed by atoms with E-state index in [0.717, 1.165) is 65.1 Å². The second-order valence-electron chi connectivity index (χ2n) is 11.9. The first-order valence-corrected chi connectivity index (χ1v) is 12.7. The van der Waals surface area contributed by atoms with Gasteiger partial charge in [0.1, 0.15) is 0 Å². The van der Waals surface area contributed by atoms with Crippen molar-refractivity contribution in [3.63, 3.8) is 0 Å². The molecule has 2 saturated carbocycles. The molecule has 0 heterocycles. The molecule has 0 aromatic carbocycles. The maximum atomic E-state index is 2.62. The van der Waals surface area contributed by atoms with Crippen LogP contribution in [0.2, 0.25) is 0 Å². The topological polar surface area (TPSA) is 0 Å². The molecule has 9 atom stereocenters. The molecule has 0 bridgehead atoms. The lowest BCUT2D eigenvalue weighted by Gasteiger charge is -2.41. The van der Waals surface area contributed by atoms with E-state index in [1.54, 1.807) is 0 Å². The van der Waals surface area contributed by atoms with Gasteiger partial charge in [-0.25, -0.2) is 0 Å². The highest BCUT2D eigenvalue weighted by molar-refractivity contribution is 4.98. The summed E-state index contributed by atoms with van der Waals surface area (Å²) < 4.78 is 0. The van der Waals surface area contributed by atoms with E-state index in [2.05, 4.69) is 62.3 Å². The van der Waals surface area contributed by atoms with Crippen molar-refractivity contribution in [2.45, 2.75) is 107 Å². The average molecular weight is 377 g/mol. The van der Waals surface area contributed by atoms with Gasteiger partial charge in [0, 0.05) is 0 Å². The Labute approximate surface area is 172 Å². The first-order valence-electron chi connectivity index (χ1n) is 12.7. The van der Waals surface area contributed by atoms with Gasteiger partial charge in [-0.2, -0.15) is 0 Å². The van der Waals surface area contributed by atoms with E-state index in [-0.39, 0.29) is 0 Å². The van der Waals surface area contributed by atoms with Crippen LogP contribution in [0.25, 0.3) is 0 Å². The largest absolute Gasteiger partial charge is 0.0651 e. The molecule has 0 radical (unpaired) electrons.